The van der Waals surface area contributed by atoms with Crippen LogP contribution in [-0.2, 0) is 6.54 Å². The summed E-state index contributed by atoms with van der Waals surface area (Å²) in [6, 6.07) is 9.56. The second-order valence-electron chi connectivity index (χ2n) is 7.90. The molecule has 1 saturated heterocycles. The lowest BCUT2D eigenvalue weighted by atomic mass is 10.2. The van der Waals surface area contributed by atoms with Crippen molar-refractivity contribution in [3.63, 3.8) is 0 Å². The first-order valence-electron chi connectivity index (χ1n) is 9.93. The van der Waals surface area contributed by atoms with Crippen LogP contribution in [0.3, 0.4) is 0 Å². The molecule has 0 bridgehead atoms. The molecule has 2 aliphatic rings. The molecule has 3 aromatic rings. The fourth-order valence-electron chi connectivity index (χ4n) is 4.50. The summed E-state index contributed by atoms with van der Waals surface area (Å²) in [5, 5.41) is 16.6. The molecule has 3 heterocycles. The maximum absolute atomic E-state index is 13.4. The molecule has 2 aromatic heterocycles. The van der Waals surface area contributed by atoms with E-state index in [0.717, 1.165) is 16.7 Å². The third kappa shape index (κ3) is 3.43. The Kier molecular flexibility index (Phi) is 4.49. The molecule has 1 saturated carbocycles. The summed E-state index contributed by atoms with van der Waals surface area (Å²) in [6.07, 6.45) is -1.03. The smallest absolute Gasteiger partial charge is 0.407 e. The van der Waals surface area contributed by atoms with Gasteiger partial charge in [0.15, 0.2) is 11.5 Å². The van der Waals surface area contributed by atoms with E-state index in [9.17, 15) is 19.1 Å². The van der Waals surface area contributed by atoms with Gasteiger partial charge in [-0.25, -0.2) is 14.2 Å². The van der Waals surface area contributed by atoms with Crippen LogP contribution in [0, 0.1) is 17.7 Å². The van der Waals surface area contributed by atoms with E-state index in [-0.39, 0.29) is 41.8 Å². The van der Waals surface area contributed by atoms with E-state index in [1.54, 1.807) is 6.07 Å². The monoisotopic (exact) mass is 425 g/mol. The van der Waals surface area contributed by atoms with E-state index in [4.69, 9.17) is 4.52 Å². The Morgan fingerprint density at radius 2 is 2.03 bits per heavy atom. The van der Waals surface area contributed by atoms with Crippen LogP contribution in [-0.4, -0.2) is 58.3 Å². The molecule has 1 aliphatic heterocycles. The molecule has 5 rings (SSSR count). The summed E-state index contributed by atoms with van der Waals surface area (Å²) >= 11 is 0. The maximum atomic E-state index is 13.4. The first-order valence-corrected chi connectivity index (χ1v) is 9.93. The minimum atomic E-state index is -1.03. The molecule has 1 aromatic carbocycles. The van der Waals surface area contributed by atoms with Crippen molar-refractivity contribution in [3.8, 4) is 0 Å². The zero-order valence-electron chi connectivity index (χ0n) is 16.7. The number of anilines is 1. The van der Waals surface area contributed by atoms with E-state index in [2.05, 4.69) is 20.4 Å². The first-order chi connectivity index (χ1) is 14.9. The number of halogens is 1. The molecule has 2 N–H and O–H groups in total. The number of benzene rings is 1. The Hall–Kier alpha value is -3.69. The van der Waals surface area contributed by atoms with E-state index in [0.29, 0.717) is 18.8 Å². The summed E-state index contributed by atoms with van der Waals surface area (Å²) in [7, 11) is 1.49. The number of carbonyl (C=O) groups is 2. The molecule has 2 fully saturated rings. The highest BCUT2D eigenvalue weighted by molar-refractivity contribution is 5.91. The van der Waals surface area contributed by atoms with Crippen molar-refractivity contribution < 1.29 is 23.6 Å². The Labute approximate surface area is 176 Å². The zero-order valence-corrected chi connectivity index (χ0v) is 16.7. The number of carboxylic acid groups (broad SMARTS) is 1. The van der Waals surface area contributed by atoms with Crippen LogP contribution in [0.15, 0.2) is 40.9 Å². The number of nitrogens with zero attached hydrogens (tertiary/aromatic N) is 4. The third-order valence-corrected chi connectivity index (χ3v) is 6.06. The van der Waals surface area contributed by atoms with E-state index in [1.165, 1.54) is 30.1 Å². The Morgan fingerprint density at radius 1 is 1.26 bits per heavy atom. The van der Waals surface area contributed by atoms with Crippen LogP contribution < -0.4 is 10.2 Å². The summed E-state index contributed by atoms with van der Waals surface area (Å²) < 4.78 is 18.5. The van der Waals surface area contributed by atoms with Gasteiger partial charge >= 0.3 is 6.09 Å². The van der Waals surface area contributed by atoms with Gasteiger partial charge in [-0.3, -0.25) is 9.69 Å². The Balaban J connectivity index is 1.27. The van der Waals surface area contributed by atoms with Crippen molar-refractivity contribution in [2.24, 2.45) is 11.8 Å². The van der Waals surface area contributed by atoms with Gasteiger partial charge in [0.05, 0.1) is 12.1 Å². The Bertz CT molecular complexity index is 1170. The van der Waals surface area contributed by atoms with Gasteiger partial charge in [0.2, 0.25) is 0 Å². The van der Waals surface area contributed by atoms with Crippen LogP contribution in [0.5, 0.6) is 0 Å². The average Bonchev–Trinajstić information content (AvgIpc) is 3.12. The predicted molar refractivity (Wildman–Crippen MR) is 108 cm³/mol. The fraction of sp³-hybridized carbons (Fsp3) is 0.333. The maximum Gasteiger partial charge on any atom is 0.407 e. The van der Waals surface area contributed by atoms with Crippen molar-refractivity contribution in [1.29, 1.82) is 0 Å². The number of hydrogen-bond acceptors (Lipinski definition) is 6. The number of pyridine rings is 1. The molecule has 0 spiro atoms. The lowest BCUT2D eigenvalue weighted by molar-refractivity contribution is 0.0953. The number of amides is 2. The minimum Gasteiger partial charge on any atom is -0.465 e. The Morgan fingerprint density at radius 3 is 2.74 bits per heavy atom. The molecule has 1 aliphatic carbocycles. The number of nitrogens with one attached hydrogen (secondary N) is 1. The first kappa shape index (κ1) is 19.3. The van der Waals surface area contributed by atoms with Gasteiger partial charge in [-0.15, -0.1) is 0 Å². The molecule has 10 heteroatoms. The van der Waals surface area contributed by atoms with Gasteiger partial charge in [0.1, 0.15) is 11.6 Å². The second kappa shape index (κ2) is 7.22. The summed E-state index contributed by atoms with van der Waals surface area (Å²) in [4.78, 5) is 31.6. The van der Waals surface area contributed by atoms with E-state index in [1.807, 2.05) is 12.1 Å². The number of aromatic nitrogens is 2. The number of carbonyl (C=O) groups excluding carboxylic acids is 1. The molecular formula is C21H20FN5O4. The molecule has 2 atom stereocenters. The summed E-state index contributed by atoms with van der Waals surface area (Å²) in [5.41, 5.74) is 0.840. The van der Waals surface area contributed by atoms with Gasteiger partial charge in [0.25, 0.3) is 5.91 Å². The van der Waals surface area contributed by atoms with E-state index >= 15 is 0 Å². The molecule has 9 nitrogen and oxygen atoms in total. The molecule has 0 radical (unpaired) electrons. The lowest BCUT2D eigenvalue weighted by Gasteiger charge is -2.25. The largest absolute Gasteiger partial charge is 0.465 e. The number of piperidine rings is 1. The second-order valence-corrected chi connectivity index (χ2v) is 7.90. The molecular weight excluding hydrogens is 405 g/mol. The predicted octanol–water partition coefficient (Wildman–Crippen LogP) is 2.34. The standard InChI is InChI=1S/C21H20FN5O4/c1-23-20(28)17-7-13(31-25-17)8-27(21(29)30)19-14-9-26(10-15(14)19)18-5-2-11-6-12(22)3-4-16(11)24-18/h2-7,14-15,19H,8-10H2,1H3,(H,23,28)(H,29,30). The van der Waals surface area contributed by atoms with Crippen LogP contribution in [0.4, 0.5) is 15.0 Å². The topological polar surface area (TPSA) is 112 Å². The van der Waals surface area contributed by atoms with Crippen molar-refractivity contribution in [1.82, 2.24) is 20.4 Å². The lowest BCUT2D eigenvalue weighted by Crippen LogP contribution is -2.37. The van der Waals surface area contributed by atoms with Gasteiger partial charge in [-0.2, -0.15) is 0 Å². The van der Waals surface area contributed by atoms with Crippen LogP contribution in [0.25, 0.3) is 10.9 Å². The van der Waals surface area contributed by atoms with Crippen LogP contribution >= 0.6 is 0 Å². The highest BCUT2D eigenvalue weighted by Crippen LogP contribution is 2.50. The fourth-order valence-corrected chi connectivity index (χ4v) is 4.50. The average molecular weight is 425 g/mol. The van der Waals surface area contributed by atoms with Crippen molar-refractivity contribution in [2.75, 3.05) is 25.0 Å². The van der Waals surface area contributed by atoms with E-state index < -0.39 is 6.09 Å². The molecule has 160 valence electrons. The van der Waals surface area contributed by atoms with Crippen LogP contribution in [0.1, 0.15) is 16.2 Å². The minimum absolute atomic E-state index is 0.0385. The van der Waals surface area contributed by atoms with Crippen molar-refractivity contribution in [3.05, 3.63) is 53.7 Å². The normalized spacial score (nSPS) is 21.7. The highest BCUT2D eigenvalue weighted by Gasteiger charge is 2.60. The van der Waals surface area contributed by atoms with Crippen molar-refractivity contribution in [2.45, 2.75) is 12.6 Å². The number of fused-ring (bicyclic) bond motifs is 2. The summed E-state index contributed by atoms with van der Waals surface area (Å²) in [5.74, 6) is 0.839. The quantitative estimate of drug-likeness (QED) is 0.645. The SMILES string of the molecule is CNC(=O)c1cc(CN(C(=O)O)C2C3CN(c4ccc5cc(F)ccc5n4)CC32)on1. The van der Waals surface area contributed by atoms with Crippen molar-refractivity contribution >= 4 is 28.7 Å². The molecule has 2 unspecified atom stereocenters. The molecule has 31 heavy (non-hydrogen) atoms. The van der Waals surface area contributed by atoms with Gasteiger partial charge in [0, 0.05) is 49.5 Å². The van der Waals surface area contributed by atoms with Gasteiger partial charge in [-0.1, -0.05) is 5.16 Å². The van der Waals surface area contributed by atoms with Crippen LogP contribution in [0.2, 0.25) is 0 Å². The zero-order chi connectivity index (χ0) is 21.7. The number of hydrogen-bond donors (Lipinski definition) is 2. The summed E-state index contributed by atoms with van der Waals surface area (Å²) in [6.45, 7) is 1.42. The highest BCUT2D eigenvalue weighted by atomic mass is 19.1. The number of rotatable bonds is 5. The van der Waals surface area contributed by atoms with Gasteiger partial charge in [-0.05, 0) is 30.3 Å². The van der Waals surface area contributed by atoms with Gasteiger partial charge < -0.3 is 19.8 Å². The molecule has 2 amide bonds. The third-order valence-electron chi connectivity index (χ3n) is 6.06.